The summed E-state index contributed by atoms with van der Waals surface area (Å²) in [7, 11) is 2.70. The topological polar surface area (TPSA) is 72.9 Å². The van der Waals surface area contributed by atoms with Crippen molar-refractivity contribution >= 4 is 35.0 Å². The van der Waals surface area contributed by atoms with Crippen molar-refractivity contribution in [3.63, 3.8) is 0 Å². The number of amides is 2. The van der Waals surface area contributed by atoms with Gasteiger partial charge in [-0.25, -0.2) is 4.79 Å². The second-order valence-electron chi connectivity index (χ2n) is 4.14. The van der Waals surface area contributed by atoms with Crippen LogP contribution in [0.25, 0.3) is 6.08 Å². The highest BCUT2D eigenvalue weighted by Gasteiger charge is 2.31. The van der Waals surface area contributed by atoms with E-state index in [2.05, 4.69) is 4.74 Å². The summed E-state index contributed by atoms with van der Waals surface area (Å²) < 4.78 is 9.85. The zero-order chi connectivity index (χ0) is 15.4. The summed E-state index contributed by atoms with van der Waals surface area (Å²) in [5, 5.41) is -0.320. The molecule has 1 fully saturated rings. The maximum absolute atomic E-state index is 11.8. The second kappa shape index (κ2) is 6.45. The lowest BCUT2D eigenvalue weighted by molar-refractivity contribution is -0.142. The van der Waals surface area contributed by atoms with E-state index >= 15 is 0 Å². The number of para-hydroxylation sites is 1. The largest absolute Gasteiger partial charge is 0.481 e. The summed E-state index contributed by atoms with van der Waals surface area (Å²) in [4.78, 5) is 35.8. The number of carbonyl (C=O) groups is 3. The number of imide groups is 1. The lowest BCUT2D eigenvalue weighted by Gasteiger charge is -2.08. The average molecular weight is 307 g/mol. The van der Waals surface area contributed by atoms with Gasteiger partial charge in [-0.2, -0.15) is 0 Å². The highest BCUT2D eigenvalue weighted by atomic mass is 32.2. The van der Waals surface area contributed by atoms with E-state index in [1.54, 1.807) is 30.3 Å². The number of benzene rings is 1. The van der Waals surface area contributed by atoms with Gasteiger partial charge in [0, 0.05) is 12.6 Å². The molecule has 1 aromatic rings. The van der Waals surface area contributed by atoms with Gasteiger partial charge in [-0.05, 0) is 23.9 Å². The molecule has 1 aromatic carbocycles. The molecule has 1 aliphatic rings. The van der Waals surface area contributed by atoms with Crippen LogP contribution in [0.1, 0.15) is 5.56 Å². The van der Waals surface area contributed by atoms with Crippen molar-refractivity contribution in [2.75, 3.05) is 20.8 Å². The molecule has 2 amide bonds. The van der Waals surface area contributed by atoms with Crippen LogP contribution in [-0.4, -0.2) is 42.8 Å². The van der Waals surface area contributed by atoms with Crippen LogP contribution in [0, 0.1) is 0 Å². The molecule has 0 saturated carbocycles. The number of nitrogens with zero attached hydrogens (tertiary/aromatic N) is 1. The molecule has 6 nitrogen and oxygen atoms in total. The third-order valence-electron chi connectivity index (χ3n) is 2.77. The zero-order valence-electron chi connectivity index (χ0n) is 11.5. The van der Waals surface area contributed by atoms with Crippen molar-refractivity contribution in [1.82, 2.24) is 4.90 Å². The third kappa shape index (κ3) is 3.43. The van der Waals surface area contributed by atoms with Gasteiger partial charge in [0.15, 0.2) is 6.61 Å². The van der Waals surface area contributed by atoms with Gasteiger partial charge >= 0.3 is 5.97 Å². The first-order valence-corrected chi connectivity index (χ1v) is 6.84. The van der Waals surface area contributed by atoms with E-state index in [1.165, 1.54) is 14.2 Å². The number of thioether (sulfide) groups is 1. The SMILES string of the molecule is COC(=O)COc1ccccc1/C=C1\SC(=O)N(C)C1=O. The van der Waals surface area contributed by atoms with E-state index in [0.717, 1.165) is 16.7 Å². The quantitative estimate of drug-likeness (QED) is 0.625. The van der Waals surface area contributed by atoms with E-state index in [1.807, 2.05) is 0 Å². The summed E-state index contributed by atoms with van der Waals surface area (Å²) in [6.45, 7) is -0.226. The van der Waals surface area contributed by atoms with Gasteiger partial charge in [0.1, 0.15) is 5.75 Å². The predicted molar refractivity (Wildman–Crippen MR) is 77.7 cm³/mol. The van der Waals surface area contributed by atoms with Crippen LogP contribution in [0.5, 0.6) is 5.75 Å². The van der Waals surface area contributed by atoms with Crippen LogP contribution < -0.4 is 4.74 Å². The Kier molecular flexibility index (Phi) is 4.64. The summed E-state index contributed by atoms with van der Waals surface area (Å²) in [6.07, 6.45) is 1.57. The Hall–Kier alpha value is -2.28. The minimum atomic E-state index is -0.501. The van der Waals surface area contributed by atoms with Crippen LogP contribution in [0.3, 0.4) is 0 Å². The molecule has 0 spiro atoms. The Labute approximate surface area is 125 Å². The fourth-order valence-corrected chi connectivity index (χ4v) is 2.43. The molecule has 0 radical (unpaired) electrons. The number of carbonyl (C=O) groups excluding carboxylic acids is 3. The maximum Gasteiger partial charge on any atom is 0.343 e. The number of esters is 1. The number of likely N-dealkylation sites (N-methyl/N-ethyl adjacent to an activating group) is 1. The van der Waals surface area contributed by atoms with Gasteiger partial charge in [-0.3, -0.25) is 14.5 Å². The Morgan fingerprint density at radius 3 is 2.67 bits per heavy atom. The molecule has 0 unspecified atom stereocenters. The molecule has 1 heterocycles. The van der Waals surface area contributed by atoms with E-state index in [4.69, 9.17) is 4.74 Å². The van der Waals surface area contributed by atoms with E-state index in [-0.39, 0.29) is 17.8 Å². The number of ether oxygens (including phenoxy) is 2. The fraction of sp³-hybridized carbons (Fsp3) is 0.214. The molecule has 0 aliphatic carbocycles. The van der Waals surface area contributed by atoms with E-state index in [0.29, 0.717) is 16.2 Å². The van der Waals surface area contributed by atoms with Crippen LogP contribution in [-0.2, 0) is 14.3 Å². The van der Waals surface area contributed by atoms with Crippen LogP contribution in [0.15, 0.2) is 29.2 Å². The smallest absolute Gasteiger partial charge is 0.343 e. The maximum atomic E-state index is 11.8. The van der Waals surface area contributed by atoms with Crippen LogP contribution in [0.4, 0.5) is 4.79 Å². The zero-order valence-corrected chi connectivity index (χ0v) is 12.3. The Balaban J connectivity index is 2.23. The minimum Gasteiger partial charge on any atom is -0.481 e. The van der Waals surface area contributed by atoms with Crippen LogP contribution in [0.2, 0.25) is 0 Å². The Morgan fingerprint density at radius 1 is 1.33 bits per heavy atom. The molecule has 1 aliphatic heterocycles. The lowest BCUT2D eigenvalue weighted by Crippen LogP contribution is -2.22. The molecular weight excluding hydrogens is 294 g/mol. The minimum absolute atomic E-state index is 0.226. The van der Waals surface area contributed by atoms with Crippen molar-refractivity contribution in [2.45, 2.75) is 0 Å². The van der Waals surface area contributed by atoms with Crippen molar-refractivity contribution < 1.29 is 23.9 Å². The van der Waals surface area contributed by atoms with Gasteiger partial charge < -0.3 is 9.47 Å². The standard InChI is InChI=1S/C14H13NO5S/c1-15-13(17)11(21-14(15)18)7-9-5-3-4-6-10(9)20-8-12(16)19-2/h3-7H,8H2,1-2H3/b11-7-. The third-order valence-corrected chi connectivity index (χ3v) is 3.73. The number of hydrogen-bond donors (Lipinski definition) is 0. The van der Waals surface area contributed by atoms with Gasteiger partial charge in [0.25, 0.3) is 11.1 Å². The molecule has 0 aromatic heterocycles. The summed E-state index contributed by atoms with van der Waals surface area (Å²) in [6, 6.07) is 6.92. The van der Waals surface area contributed by atoms with E-state index < -0.39 is 5.97 Å². The number of hydrogen-bond acceptors (Lipinski definition) is 6. The monoisotopic (exact) mass is 307 g/mol. The number of rotatable bonds is 4. The highest BCUT2D eigenvalue weighted by Crippen LogP contribution is 2.32. The highest BCUT2D eigenvalue weighted by molar-refractivity contribution is 8.18. The molecule has 2 rings (SSSR count). The van der Waals surface area contributed by atoms with Crippen molar-refractivity contribution in [2.24, 2.45) is 0 Å². The van der Waals surface area contributed by atoms with Gasteiger partial charge in [-0.15, -0.1) is 0 Å². The van der Waals surface area contributed by atoms with Gasteiger partial charge in [0.2, 0.25) is 0 Å². The van der Waals surface area contributed by atoms with Crippen molar-refractivity contribution in [3.8, 4) is 5.75 Å². The van der Waals surface area contributed by atoms with Crippen molar-refractivity contribution in [3.05, 3.63) is 34.7 Å². The molecular formula is C14H13NO5S. The first-order valence-electron chi connectivity index (χ1n) is 6.03. The normalized spacial score (nSPS) is 16.5. The number of methoxy groups -OCH3 is 1. The predicted octanol–water partition coefficient (Wildman–Crippen LogP) is 1.90. The first-order chi connectivity index (χ1) is 10.0. The lowest BCUT2D eigenvalue weighted by atomic mass is 10.2. The molecule has 0 atom stereocenters. The first kappa shape index (κ1) is 15.1. The average Bonchev–Trinajstić information content (AvgIpc) is 2.73. The molecule has 110 valence electrons. The van der Waals surface area contributed by atoms with Gasteiger partial charge in [-0.1, -0.05) is 18.2 Å². The molecule has 0 bridgehead atoms. The fourth-order valence-electron chi connectivity index (χ4n) is 1.61. The molecule has 1 saturated heterocycles. The summed E-state index contributed by atoms with van der Waals surface area (Å²) in [5.74, 6) is -0.419. The Morgan fingerprint density at radius 2 is 2.05 bits per heavy atom. The molecule has 0 N–H and O–H groups in total. The van der Waals surface area contributed by atoms with Gasteiger partial charge in [0.05, 0.1) is 12.0 Å². The molecule has 7 heteroatoms. The van der Waals surface area contributed by atoms with E-state index in [9.17, 15) is 14.4 Å². The van der Waals surface area contributed by atoms with Crippen LogP contribution >= 0.6 is 11.8 Å². The Bertz CT molecular complexity index is 626. The summed E-state index contributed by atoms with van der Waals surface area (Å²) >= 11 is 0.866. The molecule has 21 heavy (non-hydrogen) atoms. The summed E-state index contributed by atoms with van der Waals surface area (Å²) in [5.41, 5.74) is 0.611. The second-order valence-corrected chi connectivity index (χ2v) is 5.14. The van der Waals surface area contributed by atoms with Crippen molar-refractivity contribution in [1.29, 1.82) is 0 Å².